The summed E-state index contributed by atoms with van der Waals surface area (Å²) in [5.41, 5.74) is 0. The summed E-state index contributed by atoms with van der Waals surface area (Å²) >= 11 is 1.87. The average Bonchev–Trinajstić information content (AvgIpc) is 2.06. The molecular weight excluding hydrogens is 168 g/mol. The zero-order valence-corrected chi connectivity index (χ0v) is 8.86. The van der Waals surface area contributed by atoms with Gasteiger partial charge in [-0.3, -0.25) is 4.90 Å². The number of thioether (sulfide) groups is 1. The van der Waals surface area contributed by atoms with E-state index in [2.05, 4.69) is 24.1 Å². The highest BCUT2D eigenvalue weighted by atomic mass is 32.2. The van der Waals surface area contributed by atoms with Gasteiger partial charge in [-0.15, -0.1) is 0 Å². The van der Waals surface area contributed by atoms with E-state index < -0.39 is 0 Å². The topological polar surface area (TPSA) is 27.0 Å². The van der Waals surface area contributed by atoms with Crippen molar-refractivity contribution in [3.05, 3.63) is 0 Å². The van der Waals surface area contributed by atoms with Gasteiger partial charge in [-0.2, -0.15) is 17.0 Å². The normalized spacial score (nSPS) is 10.2. The fourth-order valence-electron chi connectivity index (χ4n) is 1.12. The van der Waals surface area contributed by atoms with Gasteiger partial charge in [0, 0.05) is 0 Å². The van der Waals surface area contributed by atoms with Gasteiger partial charge in [-0.05, 0) is 37.9 Å². The number of rotatable bonds is 7. The third kappa shape index (κ3) is 6.51. The van der Waals surface area contributed by atoms with Crippen molar-refractivity contribution in [2.75, 3.05) is 31.6 Å². The van der Waals surface area contributed by atoms with Crippen molar-refractivity contribution >= 4 is 11.8 Å². The molecule has 0 radical (unpaired) electrons. The van der Waals surface area contributed by atoms with E-state index in [0.717, 1.165) is 19.5 Å². The Morgan fingerprint density at radius 2 is 2.17 bits per heavy atom. The maximum absolute atomic E-state index is 8.52. The Morgan fingerprint density at radius 1 is 1.42 bits per heavy atom. The highest BCUT2D eigenvalue weighted by Gasteiger charge is 2.00. The first-order valence-electron chi connectivity index (χ1n) is 4.43. The maximum atomic E-state index is 8.52. The third-order valence-electron chi connectivity index (χ3n) is 1.66. The van der Waals surface area contributed by atoms with Crippen LogP contribution in [-0.4, -0.2) is 36.5 Å². The highest BCUT2D eigenvalue weighted by Crippen LogP contribution is 1.99. The first-order valence-corrected chi connectivity index (χ1v) is 5.82. The molecule has 0 N–H and O–H groups in total. The molecule has 70 valence electrons. The Bertz CT molecular complexity index is 131. The van der Waals surface area contributed by atoms with Crippen LogP contribution < -0.4 is 0 Å². The lowest BCUT2D eigenvalue weighted by Crippen LogP contribution is -2.26. The fourth-order valence-corrected chi connectivity index (χ4v) is 1.54. The van der Waals surface area contributed by atoms with Crippen LogP contribution >= 0.6 is 11.8 Å². The number of nitrogens with zero attached hydrogens (tertiary/aromatic N) is 2. The number of hydrogen-bond donors (Lipinski definition) is 0. The fraction of sp³-hybridized carbons (Fsp3) is 0.889. The Morgan fingerprint density at radius 3 is 2.67 bits per heavy atom. The van der Waals surface area contributed by atoms with Gasteiger partial charge in [-0.1, -0.05) is 6.92 Å². The smallest absolute Gasteiger partial charge is 0.0865 e. The molecule has 0 unspecified atom stereocenters. The van der Waals surface area contributed by atoms with E-state index >= 15 is 0 Å². The van der Waals surface area contributed by atoms with Gasteiger partial charge in [0.1, 0.15) is 0 Å². The standard InChI is InChI=1S/C9H18N2S/c1-3-6-11(8-5-10)7-4-9-12-2/h3-4,6-9H2,1-2H3. The first-order chi connectivity index (χ1) is 5.85. The molecule has 0 rings (SSSR count). The van der Waals surface area contributed by atoms with Crippen LogP contribution in [0.1, 0.15) is 19.8 Å². The largest absolute Gasteiger partial charge is 0.291 e. The lowest BCUT2D eigenvalue weighted by molar-refractivity contribution is 0.308. The molecule has 0 heterocycles. The van der Waals surface area contributed by atoms with Crippen molar-refractivity contribution in [3.63, 3.8) is 0 Å². The molecule has 0 aromatic heterocycles. The average molecular weight is 186 g/mol. The van der Waals surface area contributed by atoms with E-state index in [4.69, 9.17) is 5.26 Å². The minimum Gasteiger partial charge on any atom is -0.291 e. The van der Waals surface area contributed by atoms with Crippen molar-refractivity contribution < 1.29 is 0 Å². The van der Waals surface area contributed by atoms with Gasteiger partial charge in [0.05, 0.1) is 12.6 Å². The zero-order chi connectivity index (χ0) is 9.23. The molecule has 2 nitrogen and oxygen atoms in total. The van der Waals surface area contributed by atoms with Crippen molar-refractivity contribution in [1.29, 1.82) is 5.26 Å². The van der Waals surface area contributed by atoms with Gasteiger partial charge < -0.3 is 0 Å². The molecule has 0 aliphatic rings. The molecule has 0 fully saturated rings. The molecule has 0 bridgehead atoms. The molecule has 12 heavy (non-hydrogen) atoms. The molecule has 3 heteroatoms. The Balaban J connectivity index is 3.42. The quantitative estimate of drug-likeness (QED) is 0.449. The van der Waals surface area contributed by atoms with Gasteiger partial charge in [-0.25, -0.2) is 0 Å². The summed E-state index contributed by atoms with van der Waals surface area (Å²) in [4.78, 5) is 2.22. The Hall–Kier alpha value is -0.200. The van der Waals surface area contributed by atoms with Crippen molar-refractivity contribution in [2.45, 2.75) is 19.8 Å². The second kappa shape index (κ2) is 8.89. The molecule has 0 spiro atoms. The number of nitriles is 1. The zero-order valence-electron chi connectivity index (χ0n) is 8.05. The highest BCUT2D eigenvalue weighted by molar-refractivity contribution is 7.98. The molecule has 0 aromatic rings. The monoisotopic (exact) mass is 186 g/mol. The second-order valence-corrected chi connectivity index (χ2v) is 3.77. The molecule has 0 aromatic carbocycles. The van der Waals surface area contributed by atoms with Crippen molar-refractivity contribution in [2.24, 2.45) is 0 Å². The van der Waals surface area contributed by atoms with E-state index in [1.807, 2.05) is 11.8 Å². The molecule has 0 atom stereocenters. The Kier molecular flexibility index (Phi) is 8.74. The minimum atomic E-state index is 0.586. The summed E-state index contributed by atoms with van der Waals surface area (Å²) in [5, 5.41) is 8.52. The molecule has 0 aliphatic carbocycles. The SMILES string of the molecule is CCCN(CC#N)CCCSC. The van der Waals surface area contributed by atoms with E-state index in [-0.39, 0.29) is 0 Å². The lowest BCUT2D eigenvalue weighted by atomic mass is 10.3. The van der Waals surface area contributed by atoms with Crippen LogP contribution in [0, 0.1) is 11.3 Å². The van der Waals surface area contributed by atoms with Crippen LogP contribution in [0.5, 0.6) is 0 Å². The van der Waals surface area contributed by atoms with Crippen LogP contribution in [0.25, 0.3) is 0 Å². The summed E-state index contributed by atoms with van der Waals surface area (Å²) in [6.45, 7) is 4.87. The minimum absolute atomic E-state index is 0.586. The first kappa shape index (κ1) is 11.8. The summed E-state index contributed by atoms with van der Waals surface area (Å²) in [5.74, 6) is 1.20. The van der Waals surface area contributed by atoms with Crippen LogP contribution in [0.15, 0.2) is 0 Å². The van der Waals surface area contributed by atoms with Crippen molar-refractivity contribution in [1.82, 2.24) is 4.90 Å². The third-order valence-corrected chi connectivity index (χ3v) is 2.35. The van der Waals surface area contributed by atoms with Crippen LogP contribution in [0.4, 0.5) is 0 Å². The second-order valence-electron chi connectivity index (χ2n) is 2.78. The van der Waals surface area contributed by atoms with Gasteiger partial charge in [0.2, 0.25) is 0 Å². The molecular formula is C9H18N2S. The lowest BCUT2D eigenvalue weighted by Gasteiger charge is -2.17. The van der Waals surface area contributed by atoms with Crippen molar-refractivity contribution in [3.8, 4) is 6.07 Å². The predicted molar refractivity (Wildman–Crippen MR) is 55.3 cm³/mol. The van der Waals surface area contributed by atoms with E-state index in [0.29, 0.717) is 6.54 Å². The summed E-state index contributed by atoms with van der Waals surface area (Å²) in [6.07, 6.45) is 4.46. The van der Waals surface area contributed by atoms with Crippen LogP contribution in [-0.2, 0) is 0 Å². The molecule has 0 amide bonds. The maximum Gasteiger partial charge on any atom is 0.0865 e. The number of hydrogen-bond acceptors (Lipinski definition) is 3. The summed E-state index contributed by atoms with van der Waals surface area (Å²) in [6, 6.07) is 2.20. The summed E-state index contributed by atoms with van der Waals surface area (Å²) in [7, 11) is 0. The van der Waals surface area contributed by atoms with E-state index in [1.54, 1.807) is 0 Å². The van der Waals surface area contributed by atoms with E-state index in [9.17, 15) is 0 Å². The van der Waals surface area contributed by atoms with Crippen LogP contribution in [0.2, 0.25) is 0 Å². The van der Waals surface area contributed by atoms with Gasteiger partial charge >= 0.3 is 0 Å². The Labute approximate surface area is 79.9 Å². The van der Waals surface area contributed by atoms with Gasteiger partial charge in [0.25, 0.3) is 0 Å². The molecule has 0 saturated carbocycles. The summed E-state index contributed by atoms with van der Waals surface area (Å²) < 4.78 is 0. The van der Waals surface area contributed by atoms with Crippen LogP contribution in [0.3, 0.4) is 0 Å². The predicted octanol–water partition coefficient (Wildman–Crippen LogP) is 1.98. The molecule has 0 saturated heterocycles. The van der Waals surface area contributed by atoms with E-state index in [1.165, 1.54) is 12.2 Å². The molecule has 0 aliphatic heterocycles. The van der Waals surface area contributed by atoms with Gasteiger partial charge in [0.15, 0.2) is 0 Å².